The number of aromatic nitrogens is 2. The number of amides is 1. The second kappa shape index (κ2) is 8.97. The second-order valence-electron chi connectivity index (χ2n) is 5.88. The van der Waals surface area contributed by atoms with Crippen LogP contribution in [-0.4, -0.2) is 34.4 Å². The molecule has 27 heavy (non-hydrogen) atoms. The van der Waals surface area contributed by atoms with Gasteiger partial charge in [-0.1, -0.05) is 53.2 Å². The van der Waals surface area contributed by atoms with Gasteiger partial charge in [-0.2, -0.15) is 0 Å². The van der Waals surface area contributed by atoms with E-state index in [1.807, 2.05) is 31.2 Å². The number of fused-ring (bicyclic) bond motifs is 1. The molecule has 1 atom stereocenters. The number of ether oxygens (including phenoxy) is 1. The van der Waals surface area contributed by atoms with Gasteiger partial charge in [-0.25, -0.2) is 4.98 Å². The largest absolute Gasteiger partial charge is 0.383 e. The predicted molar refractivity (Wildman–Crippen MR) is 112 cm³/mol. The number of rotatable bonds is 7. The summed E-state index contributed by atoms with van der Waals surface area (Å²) < 4.78 is 7.28. The highest BCUT2D eigenvalue weighted by Gasteiger charge is 2.20. The molecule has 0 radical (unpaired) electrons. The minimum Gasteiger partial charge on any atom is -0.383 e. The molecule has 1 N–H and O–H groups in total. The number of para-hydroxylation sites is 2. The molecule has 1 aromatic heterocycles. The zero-order chi connectivity index (χ0) is 19.4. The van der Waals surface area contributed by atoms with Crippen LogP contribution >= 0.6 is 35.0 Å². The van der Waals surface area contributed by atoms with Crippen molar-refractivity contribution in [3.8, 4) is 0 Å². The molecule has 142 valence electrons. The quantitative estimate of drug-likeness (QED) is 0.536. The molecule has 5 nitrogen and oxygen atoms in total. The third-order valence-corrected chi connectivity index (χ3v) is 5.91. The topological polar surface area (TPSA) is 56.1 Å². The van der Waals surface area contributed by atoms with Crippen LogP contribution in [0.25, 0.3) is 11.0 Å². The van der Waals surface area contributed by atoms with Gasteiger partial charge in [0.2, 0.25) is 5.91 Å². The molecule has 1 amide bonds. The van der Waals surface area contributed by atoms with Crippen molar-refractivity contribution in [2.75, 3.05) is 19.0 Å². The van der Waals surface area contributed by atoms with Crippen molar-refractivity contribution in [1.82, 2.24) is 9.55 Å². The van der Waals surface area contributed by atoms with Crippen molar-refractivity contribution in [2.45, 2.75) is 23.9 Å². The van der Waals surface area contributed by atoms with Crippen molar-refractivity contribution in [1.29, 1.82) is 0 Å². The number of carbonyl (C=O) groups excluding carboxylic acids is 1. The zero-order valence-electron chi connectivity index (χ0n) is 14.9. The van der Waals surface area contributed by atoms with Crippen LogP contribution in [0.15, 0.2) is 47.6 Å². The second-order valence-corrected chi connectivity index (χ2v) is 7.97. The van der Waals surface area contributed by atoms with Gasteiger partial charge in [-0.3, -0.25) is 4.79 Å². The third-order valence-electron chi connectivity index (χ3n) is 4.00. The van der Waals surface area contributed by atoms with E-state index in [2.05, 4.69) is 14.9 Å². The molecule has 0 saturated heterocycles. The molecule has 0 unspecified atom stereocenters. The Labute approximate surface area is 172 Å². The molecular formula is C19H19Cl2N3O2S. The number of halogens is 2. The number of imidazole rings is 1. The summed E-state index contributed by atoms with van der Waals surface area (Å²) in [4.78, 5) is 17.3. The van der Waals surface area contributed by atoms with Crippen molar-refractivity contribution >= 4 is 57.6 Å². The maximum Gasteiger partial charge on any atom is 0.237 e. The normalized spacial score (nSPS) is 12.3. The summed E-state index contributed by atoms with van der Waals surface area (Å²) in [7, 11) is 1.66. The van der Waals surface area contributed by atoms with Crippen LogP contribution in [0.5, 0.6) is 0 Å². The number of benzene rings is 2. The molecule has 0 aliphatic heterocycles. The van der Waals surface area contributed by atoms with E-state index in [0.717, 1.165) is 16.2 Å². The van der Waals surface area contributed by atoms with Crippen molar-refractivity contribution in [3.05, 3.63) is 52.5 Å². The van der Waals surface area contributed by atoms with Gasteiger partial charge < -0.3 is 14.6 Å². The van der Waals surface area contributed by atoms with Crippen LogP contribution in [0.2, 0.25) is 10.0 Å². The molecule has 0 aliphatic carbocycles. The summed E-state index contributed by atoms with van der Waals surface area (Å²) in [5.74, 6) is -0.172. The Morgan fingerprint density at radius 1 is 1.26 bits per heavy atom. The minimum atomic E-state index is -0.377. The first kappa shape index (κ1) is 20.0. The van der Waals surface area contributed by atoms with Crippen molar-refractivity contribution < 1.29 is 9.53 Å². The number of hydrogen-bond donors (Lipinski definition) is 1. The lowest BCUT2D eigenvalue weighted by Crippen LogP contribution is -2.23. The Bertz CT molecular complexity index is 961. The van der Waals surface area contributed by atoms with E-state index in [1.54, 1.807) is 25.3 Å². The fraction of sp³-hybridized carbons (Fsp3) is 0.263. The number of nitrogens with zero attached hydrogens (tertiary/aromatic N) is 2. The molecule has 0 fully saturated rings. The first-order valence-electron chi connectivity index (χ1n) is 8.37. The summed E-state index contributed by atoms with van der Waals surface area (Å²) in [5, 5.41) is 3.95. The van der Waals surface area contributed by atoms with Crippen LogP contribution in [-0.2, 0) is 16.1 Å². The van der Waals surface area contributed by atoms with E-state index in [9.17, 15) is 4.79 Å². The Kier molecular flexibility index (Phi) is 6.65. The van der Waals surface area contributed by atoms with Crippen LogP contribution in [0.3, 0.4) is 0 Å². The smallest absolute Gasteiger partial charge is 0.237 e. The van der Waals surface area contributed by atoms with Crippen LogP contribution in [0, 0.1) is 0 Å². The van der Waals surface area contributed by atoms with Gasteiger partial charge in [0.15, 0.2) is 5.16 Å². The Hall–Kier alpha value is -1.73. The van der Waals surface area contributed by atoms with Gasteiger partial charge in [0.25, 0.3) is 0 Å². The average molecular weight is 424 g/mol. The highest BCUT2D eigenvalue weighted by atomic mass is 35.5. The number of methoxy groups -OCH3 is 1. The van der Waals surface area contributed by atoms with E-state index in [-0.39, 0.29) is 11.2 Å². The maximum absolute atomic E-state index is 12.6. The lowest BCUT2D eigenvalue weighted by molar-refractivity contribution is -0.115. The highest BCUT2D eigenvalue weighted by Crippen LogP contribution is 2.31. The van der Waals surface area contributed by atoms with Gasteiger partial charge in [0, 0.05) is 13.7 Å². The number of carbonyl (C=O) groups is 1. The van der Waals surface area contributed by atoms with Crippen LogP contribution in [0.1, 0.15) is 6.92 Å². The molecule has 0 spiro atoms. The van der Waals surface area contributed by atoms with E-state index in [4.69, 9.17) is 27.9 Å². The number of hydrogen-bond acceptors (Lipinski definition) is 4. The number of thioether (sulfide) groups is 1. The Morgan fingerprint density at radius 2 is 2.04 bits per heavy atom. The standard InChI is InChI=1S/C19H19Cl2N3O2S/c1-12(18(25)22-15-8-5-6-13(20)17(15)21)27-19-23-14-7-3-4-9-16(14)24(19)10-11-26-2/h3-9,12H,10-11H2,1-2H3,(H,22,25)/t12-/m1/s1. The first-order valence-corrected chi connectivity index (χ1v) is 10.0. The van der Waals surface area contributed by atoms with Crippen molar-refractivity contribution in [2.24, 2.45) is 0 Å². The third kappa shape index (κ3) is 4.58. The first-order chi connectivity index (χ1) is 13.0. The molecule has 0 aliphatic rings. The summed E-state index contributed by atoms with van der Waals surface area (Å²) in [6, 6.07) is 13.0. The van der Waals surface area contributed by atoms with Gasteiger partial charge >= 0.3 is 0 Å². The van der Waals surface area contributed by atoms with Gasteiger partial charge in [-0.15, -0.1) is 0 Å². The Morgan fingerprint density at radius 3 is 2.81 bits per heavy atom. The molecule has 2 aromatic carbocycles. The van der Waals surface area contributed by atoms with Crippen molar-refractivity contribution in [3.63, 3.8) is 0 Å². The molecular weight excluding hydrogens is 405 g/mol. The average Bonchev–Trinajstić information content (AvgIpc) is 3.00. The summed E-state index contributed by atoms with van der Waals surface area (Å²) in [5.41, 5.74) is 2.40. The molecule has 3 aromatic rings. The summed E-state index contributed by atoms with van der Waals surface area (Å²) >= 11 is 13.6. The monoisotopic (exact) mass is 423 g/mol. The van der Waals surface area contributed by atoms with Gasteiger partial charge in [-0.05, 0) is 31.2 Å². The van der Waals surface area contributed by atoms with Gasteiger partial charge in [0.05, 0.1) is 38.6 Å². The minimum absolute atomic E-state index is 0.172. The highest BCUT2D eigenvalue weighted by molar-refractivity contribution is 8.00. The maximum atomic E-state index is 12.6. The lowest BCUT2D eigenvalue weighted by Gasteiger charge is -2.14. The molecule has 1 heterocycles. The fourth-order valence-corrected chi connectivity index (χ4v) is 3.89. The van der Waals surface area contributed by atoms with E-state index in [1.165, 1.54) is 11.8 Å². The Balaban J connectivity index is 1.79. The lowest BCUT2D eigenvalue weighted by atomic mass is 10.3. The molecule has 3 rings (SSSR count). The van der Waals surface area contributed by atoms with E-state index < -0.39 is 0 Å². The summed E-state index contributed by atoms with van der Waals surface area (Å²) in [6.07, 6.45) is 0. The molecule has 8 heteroatoms. The zero-order valence-corrected chi connectivity index (χ0v) is 17.2. The fourth-order valence-electron chi connectivity index (χ4n) is 2.59. The SMILES string of the molecule is COCCn1c(S[C@H](C)C(=O)Nc2cccc(Cl)c2Cl)nc2ccccc21. The molecule has 0 saturated carbocycles. The van der Waals surface area contributed by atoms with E-state index in [0.29, 0.717) is 28.9 Å². The van der Waals surface area contributed by atoms with E-state index >= 15 is 0 Å². The molecule has 0 bridgehead atoms. The predicted octanol–water partition coefficient (Wildman–Crippen LogP) is 5.11. The van der Waals surface area contributed by atoms with Crippen LogP contribution < -0.4 is 5.32 Å². The summed E-state index contributed by atoms with van der Waals surface area (Å²) in [6.45, 7) is 3.05. The van der Waals surface area contributed by atoms with Gasteiger partial charge in [0.1, 0.15) is 0 Å². The number of anilines is 1. The van der Waals surface area contributed by atoms with Crippen LogP contribution in [0.4, 0.5) is 5.69 Å². The number of nitrogens with one attached hydrogen (secondary N) is 1.